The molecule has 29 heavy (non-hydrogen) atoms. The van der Waals surface area contributed by atoms with Gasteiger partial charge in [-0.2, -0.15) is 13.2 Å². The number of alkyl halides is 3. The van der Waals surface area contributed by atoms with Crippen molar-refractivity contribution in [1.29, 1.82) is 0 Å². The lowest BCUT2D eigenvalue weighted by atomic mass is 10.1. The number of aliphatic imine (C=N–C) groups is 1. The van der Waals surface area contributed by atoms with Crippen LogP contribution in [-0.4, -0.2) is 38.5 Å². The summed E-state index contributed by atoms with van der Waals surface area (Å²) in [6.45, 7) is 1.42. The SMILES string of the molecule is CN=C(NCCNC(=O)c1ccccc1)NCCc1ccc(C(F)(F)F)cc1.I. The van der Waals surface area contributed by atoms with Gasteiger partial charge in [-0.1, -0.05) is 30.3 Å². The van der Waals surface area contributed by atoms with Crippen molar-refractivity contribution < 1.29 is 18.0 Å². The second-order valence-electron chi connectivity index (χ2n) is 5.99. The molecule has 0 radical (unpaired) electrons. The van der Waals surface area contributed by atoms with Gasteiger partial charge in [0.1, 0.15) is 0 Å². The van der Waals surface area contributed by atoms with Gasteiger partial charge in [-0.15, -0.1) is 24.0 Å². The van der Waals surface area contributed by atoms with Gasteiger partial charge in [-0.05, 0) is 36.2 Å². The average molecular weight is 520 g/mol. The van der Waals surface area contributed by atoms with Crippen molar-refractivity contribution >= 4 is 35.8 Å². The van der Waals surface area contributed by atoms with Gasteiger partial charge in [0.2, 0.25) is 0 Å². The maximum absolute atomic E-state index is 12.6. The standard InChI is InChI=1S/C20H23F3N4O.HI/c1-24-19(27-14-13-25-18(28)16-5-3-2-4-6-16)26-12-11-15-7-9-17(10-8-15)20(21,22)23;/h2-10H,11-14H2,1H3,(H,25,28)(H2,24,26,27);1H. The Morgan fingerprint density at radius 1 is 0.897 bits per heavy atom. The highest BCUT2D eigenvalue weighted by Crippen LogP contribution is 2.29. The molecule has 1 amide bonds. The molecule has 0 heterocycles. The second-order valence-corrected chi connectivity index (χ2v) is 5.99. The number of benzene rings is 2. The van der Waals surface area contributed by atoms with Crippen molar-refractivity contribution in [2.75, 3.05) is 26.7 Å². The predicted octanol–water partition coefficient (Wildman–Crippen LogP) is 3.46. The van der Waals surface area contributed by atoms with E-state index in [9.17, 15) is 18.0 Å². The van der Waals surface area contributed by atoms with E-state index in [-0.39, 0.29) is 29.9 Å². The topological polar surface area (TPSA) is 65.5 Å². The monoisotopic (exact) mass is 520 g/mol. The van der Waals surface area contributed by atoms with E-state index < -0.39 is 11.7 Å². The van der Waals surface area contributed by atoms with Gasteiger partial charge in [0, 0.05) is 32.2 Å². The summed E-state index contributed by atoms with van der Waals surface area (Å²) in [5, 5.41) is 8.96. The molecule has 0 aliphatic heterocycles. The summed E-state index contributed by atoms with van der Waals surface area (Å²) < 4.78 is 37.7. The lowest BCUT2D eigenvalue weighted by molar-refractivity contribution is -0.137. The first-order valence-corrected chi connectivity index (χ1v) is 8.84. The van der Waals surface area contributed by atoms with Crippen LogP contribution in [-0.2, 0) is 12.6 Å². The average Bonchev–Trinajstić information content (AvgIpc) is 2.70. The van der Waals surface area contributed by atoms with Crippen LogP contribution < -0.4 is 16.0 Å². The molecule has 2 aromatic rings. The van der Waals surface area contributed by atoms with Gasteiger partial charge in [0.25, 0.3) is 5.91 Å². The molecule has 3 N–H and O–H groups in total. The summed E-state index contributed by atoms with van der Waals surface area (Å²) in [6.07, 6.45) is -3.76. The molecule has 9 heteroatoms. The molecule has 158 valence electrons. The normalized spacial score (nSPS) is 11.4. The van der Waals surface area contributed by atoms with Crippen molar-refractivity contribution in [2.45, 2.75) is 12.6 Å². The fraction of sp³-hybridized carbons (Fsp3) is 0.300. The Balaban J connectivity index is 0.00000420. The van der Waals surface area contributed by atoms with E-state index in [0.29, 0.717) is 37.6 Å². The maximum Gasteiger partial charge on any atom is 0.416 e. The van der Waals surface area contributed by atoms with E-state index in [1.165, 1.54) is 12.1 Å². The highest BCUT2D eigenvalue weighted by atomic mass is 127. The first-order valence-electron chi connectivity index (χ1n) is 8.84. The summed E-state index contributed by atoms with van der Waals surface area (Å²) in [5.41, 5.74) is 0.742. The second kappa shape index (κ2) is 12.3. The molecule has 0 aliphatic carbocycles. The lowest BCUT2D eigenvalue weighted by Crippen LogP contribution is -2.42. The number of nitrogens with one attached hydrogen (secondary N) is 3. The molecule has 0 unspecified atom stereocenters. The Kier molecular flexibility index (Phi) is 10.5. The van der Waals surface area contributed by atoms with Crippen LogP contribution in [0, 0.1) is 0 Å². The minimum atomic E-state index is -4.32. The molecule has 2 aromatic carbocycles. The number of hydrogen-bond acceptors (Lipinski definition) is 2. The fourth-order valence-electron chi connectivity index (χ4n) is 2.45. The Bertz CT molecular complexity index is 781. The van der Waals surface area contributed by atoms with Crippen LogP contribution in [0.2, 0.25) is 0 Å². The van der Waals surface area contributed by atoms with Crippen LogP contribution in [0.15, 0.2) is 59.6 Å². The first kappa shape index (κ1) is 24.7. The van der Waals surface area contributed by atoms with Gasteiger partial charge >= 0.3 is 6.18 Å². The lowest BCUT2D eigenvalue weighted by Gasteiger charge is -2.13. The number of guanidine groups is 1. The molecule has 0 saturated carbocycles. The number of rotatable bonds is 7. The Labute approximate surface area is 185 Å². The quantitative estimate of drug-likeness (QED) is 0.227. The number of carbonyl (C=O) groups is 1. The van der Waals surface area contributed by atoms with Gasteiger partial charge in [-0.25, -0.2) is 0 Å². The highest BCUT2D eigenvalue weighted by molar-refractivity contribution is 14.0. The van der Waals surface area contributed by atoms with Crippen LogP contribution in [0.3, 0.4) is 0 Å². The van der Waals surface area contributed by atoms with Crippen molar-refractivity contribution in [1.82, 2.24) is 16.0 Å². The van der Waals surface area contributed by atoms with Gasteiger partial charge in [-0.3, -0.25) is 9.79 Å². The fourth-order valence-corrected chi connectivity index (χ4v) is 2.45. The zero-order chi connectivity index (χ0) is 20.4. The Morgan fingerprint density at radius 2 is 1.48 bits per heavy atom. The van der Waals surface area contributed by atoms with Gasteiger partial charge in [0.05, 0.1) is 5.56 Å². The zero-order valence-electron chi connectivity index (χ0n) is 15.9. The molecule has 0 spiro atoms. The number of halogens is 4. The van der Waals surface area contributed by atoms with Crippen LogP contribution >= 0.6 is 24.0 Å². The van der Waals surface area contributed by atoms with Crippen LogP contribution in [0.5, 0.6) is 0 Å². The van der Waals surface area contributed by atoms with Crippen molar-refractivity contribution in [3.05, 3.63) is 71.3 Å². The zero-order valence-corrected chi connectivity index (χ0v) is 18.3. The molecule has 2 rings (SSSR count). The smallest absolute Gasteiger partial charge is 0.356 e. The van der Waals surface area contributed by atoms with Crippen molar-refractivity contribution in [3.63, 3.8) is 0 Å². The maximum atomic E-state index is 12.6. The molecule has 0 saturated heterocycles. The largest absolute Gasteiger partial charge is 0.416 e. The van der Waals surface area contributed by atoms with Gasteiger partial charge < -0.3 is 16.0 Å². The van der Waals surface area contributed by atoms with E-state index in [1.54, 1.807) is 31.3 Å². The molecular formula is C20H24F3IN4O. The van der Waals surface area contributed by atoms with E-state index in [0.717, 1.165) is 17.7 Å². The molecule has 0 atom stereocenters. The number of amides is 1. The minimum absolute atomic E-state index is 0. The third kappa shape index (κ3) is 8.71. The number of hydrogen-bond donors (Lipinski definition) is 3. The highest BCUT2D eigenvalue weighted by Gasteiger charge is 2.29. The van der Waals surface area contributed by atoms with Crippen LogP contribution in [0.1, 0.15) is 21.5 Å². The summed E-state index contributed by atoms with van der Waals surface area (Å²) in [6, 6.07) is 14.0. The van der Waals surface area contributed by atoms with Crippen molar-refractivity contribution in [3.8, 4) is 0 Å². The molecule has 0 aliphatic rings. The molecular weight excluding hydrogens is 496 g/mol. The molecule has 0 fully saturated rings. The summed E-state index contributed by atoms with van der Waals surface area (Å²) >= 11 is 0. The van der Waals surface area contributed by atoms with Crippen LogP contribution in [0.25, 0.3) is 0 Å². The molecule has 5 nitrogen and oxygen atoms in total. The van der Waals surface area contributed by atoms with Crippen LogP contribution in [0.4, 0.5) is 13.2 Å². The number of nitrogens with zero attached hydrogens (tertiary/aromatic N) is 1. The number of carbonyl (C=O) groups excluding carboxylic acids is 1. The molecule has 0 bridgehead atoms. The van der Waals surface area contributed by atoms with Gasteiger partial charge in [0.15, 0.2) is 5.96 Å². The van der Waals surface area contributed by atoms with E-state index in [2.05, 4.69) is 20.9 Å². The predicted molar refractivity (Wildman–Crippen MR) is 119 cm³/mol. The van der Waals surface area contributed by atoms with E-state index in [1.807, 2.05) is 6.07 Å². The third-order valence-corrected chi connectivity index (χ3v) is 3.95. The Hall–Kier alpha value is -2.30. The van der Waals surface area contributed by atoms with E-state index in [4.69, 9.17) is 0 Å². The summed E-state index contributed by atoms with van der Waals surface area (Å²) in [5.74, 6) is 0.411. The van der Waals surface area contributed by atoms with Crippen molar-refractivity contribution in [2.24, 2.45) is 4.99 Å². The summed E-state index contributed by atoms with van der Waals surface area (Å²) in [4.78, 5) is 16.0. The molecule has 0 aromatic heterocycles. The Morgan fingerprint density at radius 3 is 2.07 bits per heavy atom. The minimum Gasteiger partial charge on any atom is -0.356 e. The first-order chi connectivity index (χ1) is 13.4. The summed E-state index contributed by atoms with van der Waals surface area (Å²) in [7, 11) is 1.62. The third-order valence-electron chi connectivity index (χ3n) is 3.95. The van der Waals surface area contributed by atoms with E-state index >= 15 is 0 Å².